The summed E-state index contributed by atoms with van der Waals surface area (Å²) in [4.78, 5) is 22.5. The number of carbonyl (C=O) groups excluding carboxylic acids is 2. The minimum atomic E-state index is -2.11. The maximum absolute atomic E-state index is 11.3. The van der Waals surface area contributed by atoms with Gasteiger partial charge in [-0.3, -0.25) is 0 Å². The molecule has 2 N–H and O–H groups in total. The molecule has 4 aromatic rings. The molecule has 36 heavy (non-hydrogen) atoms. The van der Waals surface area contributed by atoms with Gasteiger partial charge in [0.05, 0.1) is 11.9 Å². The van der Waals surface area contributed by atoms with E-state index < -0.39 is 23.1 Å². The topological polar surface area (TPSA) is 138 Å². The number of hydrogen-bond acceptors (Lipinski definition) is 7. The Labute approximate surface area is 216 Å². The van der Waals surface area contributed by atoms with Gasteiger partial charge in [-0.1, -0.05) is 121 Å². The van der Waals surface area contributed by atoms with Crippen molar-refractivity contribution in [1.29, 1.82) is 0 Å². The molecule has 0 bridgehead atoms. The van der Waals surface area contributed by atoms with Crippen molar-refractivity contribution in [2.75, 3.05) is 0 Å². The fourth-order valence-corrected chi connectivity index (χ4v) is 3.52. The molecule has 0 heterocycles. The van der Waals surface area contributed by atoms with E-state index in [-0.39, 0.29) is 22.3 Å². The van der Waals surface area contributed by atoms with E-state index in [0.29, 0.717) is 0 Å². The second kappa shape index (κ2) is 13.2. The zero-order valence-electron chi connectivity index (χ0n) is 19.0. The molecule has 0 fully saturated rings. The van der Waals surface area contributed by atoms with Crippen LogP contribution in [-0.2, 0) is 24.6 Å². The quantitative estimate of drug-likeness (QED) is 0.344. The SMILES string of the molecule is O=C([O-])C(O)(c1ccccc1)c1ccccc1.O=C([O-])C(O)(c1ccccc1)c1ccccc1.[O]=[Ge]. The van der Waals surface area contributed by atoms with Crippen LogP contribution in [0.5, 0.6) is 0 Å². The van der Waals surface area contributed by atoms with Gasteiger partial charge in [0.2, 0.25) is 0 Å². The van der Waals surface area contributed by atoms with Crippen molar-refractivity contribution in [3.05, 3.63) is 144 Å². The molecule has 0 atom stereocenters. The first-order chi connectivity index (χ1) is 17.3. The van der Waals surface area contributed by atoms with Gasteiger partial charge >= 0.3 is 20.2 Å². The number of aliphatic hydroxyl groups is 2. The molecule has 0 amide bonds. The van der Waals surface area contributed by atoms with Crippen molar-refractivity contribution < 1.29 is 33.8 Å². The van der Waals surface area contributed by atoms with Crippen LogP contribution in [0.2, 0.25) is 0 Å². The van der Waals surface area contributed by atoms with Crippen molar-refractivity contribution in [3.63, 3.8) is 0 Å². The molecule has 0 saturated heterocycles. The summed E-state index contributed by atoms with van der Waals surface area (Å²) in [7, 11) is 0. The van der Waals surface area contributed by atoms with Gasteiger partial charge in [-0.15, -0.1) is 0 Å². The molecule has 0 aliphatic carbocycles. The van der Waals surface area contributed by atoms with Crippen molar-refractivity contribution >= 4 is 28.4 Å². The van der Waals surface area contributed by atoms with Crippen LogP contribution >= 0.6 is 0 Å². The van der Waals surface area contributed by atoms with E-state index in [1.165, 1.54) is 0 Å². The zero-order chi connectivity index (χ0) is 26.6. The fraction of sp³-hybridized carbons (Fsp3) is 0.0714. The van der Waals surface area contributed by atoms with Gasteiger partial charge in [-0.05, 0) is 22.3 Å². The number of aliphatic carboxylic acids is 2. The molecule has 0 aliphatic rings. The van der Waals surface area contributed by atoms with E-state index in [4.69, 9.17) is 3.78 Å². The summed E-state index contributed by atoms with van der Waals surface area (Å²) in [6, 6.07) is 32.9. The van der Waals surface area contributed by atoms with Crippen LogP contribution in [0.25, 0.3) is 0 Å². The Morgan fingerprint density at radius 3 is 0.778 bits per heavy atom. The summed E-state index contributed by atoms with van der Waals surface area (Å²) in [5.74, 6) is -3.06. The summed E-state index contributed by atoms with van der Waals surface area (Å²) >= 11 is 0.750. The summed E-state index contributed by atoms with van der Waals surface area (Å²) in [5, 5.41) is 43.3. The third kappa shape index (κ3) is 6.20. The molecule has 2 radical (unpaired) electrons. The summed E-state index contributed by atoms with van der Waals surface area (Å²) in [5.41, 5.74) is -3.08. The monoisotopic (exact) mass is 544 g/mol. The predicted octanol–water partition coefficient (Wildman–Crippen LogP) is 0.845. The van der Waals surface area contributed by atoms with Crippen LogP contribution in [0, 0.1) is 0 Å². The molecule has 182 valence electrons. The Morgan fingerprint density at radius 2 is 0.639 bits per heavy atom. The van der Waals surface area contributed by atoms with Gasteiger partial charge in [0, 0.05) is 0 Å². The standard InChI is InChI=1S/2C14H12O3.GeO/c2*15-13(16)14(17,11-7-3-1-4-8-11)12-9-5-2-6-10-12;1-2/h2*1-10,17H,(H,15,16);/p-2. The molecule has 0 unspecified atom stereocenters. The average molecular weight is 543 g/mol. The van der Waals surface area contributed by atoms with Gasteiger partial charge in [0.1, 0.15) is 0 Å². The Morgan fingerprint density at radius 1 is 0.472 bits per heavy atom. The van der Waals surface area contributed by atoms with Crippen LogP contribution in [0.3, 0.4) is 0 Å². The maximum atomic E-state index is 11.3. The van der Waals surface area contributed by atoms with Crippen molar-refractivity contribution in [2.24, 2.45) is 0 Å². The Hall–Kier alpha value is -3.92. The van der Waals surface area contributed by atoms with Crippen LogP contribution in [-0.4, -0.2) is 38.6 Å². The first-order valence-corrected chi connectivity index (χ1v) is 11.5. The van der Waals surface area contributed by atoms with Gasteiger partial charge in [0.15, 0.2) is 11.2 Å². The Balaban J connectivity index is 0.000000237. The van der Waals surface area contributed by atoms with Gasteiger partial charge in [-0.2, -0.15) is 0 Å². The van der Waals surface area contributed by atoms with Gasteiger partial charge < -0.3 is 30.0 Å². The number of carboxylic acid groups (broad SMARTS) is 2. The van der Waals surface area contributed by atoms with Crippen LogP contribution in [0.15, 0.2) is 121 Å². The molecule has 0 aromatic heterocycles. The number of carbonyl (C=O) groups is 2. The third-order valence-corrected chi connectivity index (χ3v) is 5.36. The summed E-state index contributed by atoms with van der Waals surface area (Å²) in [6.45, 7) is 0. The second-order valence-electron chi connectivity index (χ2n) is 7.46. The van der Waals surface area contributed by atoms with E-state index in [1.807, 2.05) is 0 Å². The van der Waals surface area contributed by atoms with Gasteiger partial charge in [-0.25, -0.2) is 0 Å². The molecule has 0 saturated carbocycles. The summed E-state index contributed by atoms with van der Waals surface area (Å²) < 4.78 is 8.25. The number of benzene rings is 4. The van der Waals surface area contributed by atoms with Crippen LogP contribution in [0.4, 0.5) is 0 Å². The zero-order valence-corrected chi connectivity index (χ0v) is 21.1. The fourth-order valence-electron chi connectivity index (χ4n) is 3.52. The Kier molecular flexibility index (Phi) is 10.4. The van der Waals surface area contributed by atoms with Gasteiger partial charge in [0.25, 0.3) is 0 Å². The van der Waals surface area contributed by atoms with Crippen molar-refractivity contribution in [2.45, 2.75) is 11.2 Å². The third-order valence-electron chi connectivity index (χ3n) is 5.36. The normalized spacial score (nSPS) is 10.6. The molecule has 4 rings (SSSR count). The van der Waals surface area contributed by atoms with Crippen LogP contribution < -0.4 is 10.2 Å². The molecule has 0 aliphatic heterocycles. The van der Waals surface area contributed by atoms with E-state index in [9.17, 15) is 30.0 Å². The Bertz CT molecular complexity index is 1060. The number of hydrogen-bond donors (Lipinski definition) is 2. The first kappa shape index (κ1) is 28.3. The van der Waals surface area contributed by atoms with Crippen molar-refractivity contribution in [1.82, 2.24) is 0 Å². The average Bonchev–Trinajstić information content (AvgIpc) is 2.95. The molecule has 8 heteroatoms. The molecular weight excluding hydrogens is 521 g/mol. The second-order valence-corrected chi connectivity index (χ2v) is 7.46. The van der Waals surface area contributed by atoms with Crippen molar-refractivity contribution in [3.8, 4) is 0 Å². The van der Waals surface area contributed by atoms with E-state index in [1.54, 1.807) is 121 Å². The first-order valence-electron chi connectivity index (χ1n) is 10.6. The number of carboxylic acids is 2. The summed E-state index contributed by atoms with van der Waals surface area (Å²) in [6.07, 6.45) is 0. The van der Waals surface area contributed by atoms with E-state index in [2.05, 4.69) is 0 Å². The molecule has 7 nitrogen and oxygen atoms in total. The van der Waals surface area contributed by atoms with E-state index in [0.717, 1.165) is 16.5 Å². The van der Waals surface area contributed by atoms with E-state index >= 15 is 0 Å². The minimum absolute atomic E-state index is 0.284. The molecule has 4 aromatic carbocycles. The molecular formula is C28H22GeO7-2. The van der Waals surface area contributed by atoms with Crippen LogP contribution in [0.1, 0.15) is 22.3 Å². The molecule has 0 spiro atoms. The predicted molar refractivity (Wildman–Crippen MR) is 128 cm³/mol. The number of rotatable bonds is 6.